The minimum atomic E-state index is -0.831. The highest BCUT2D eigenvalue weighted by Gasteiger charge is 2.61. The van der Waals surface area contributed by atoms with Crippen LogP contribution in [0.1, 0.15) is 65.7 Å². The van der Waals surface area contributed by atoms with E-state index >= 15 is 0 Å². The normalized spacial score (nSPS) is 49.1. The Morgan fingerprint density at radius 1 is 1.21 bits per heavy atom. The second kappa shape index (κ2) is 6.69. The lowest BCUT2D eigenvalue weighted by Gasteiger charge is -2.58. The molecule has 3 N–H and O–H groups in total. The summed E-state index contributed by atoms with van der Waals surface area (Å²) in [7, 11) is 0. The Labute approximate surface area is 168 Å². The van der Waals surface area contributed by atoms with Gasteiger partial charge in [0.1, 0.15) is 5.78 Å². The maximum absolute atomic E-state index is 13.6. The van der Waals surface area contributed by atoms with Gasteiger partial charge in [-0.2, -0.15) is 0 Å². The van der Waals surface area contributed by atoms with Crippen molar-refractivity contribution < 1.29 is 20.1 Å². The molecule has 0 heterocycles. The minimum Gasteiger partial charge on any atom is -0.393 e. The zero-order chi connectivity index (χ0) is 20.4. The van der Waals surface area contributed by atoms with Crippen LogP contribution in [-0.4, -0.2) is 39.4 Å². The number of carbonyl (C=O) groups is 1. The molecule has 0 spiro atoms. The molecule has 0 radical (unpaired) electrons. The van der Waals surface area contributed by atoms with E-state index in [9.17, 15) is 20.1 Å². The number of carbonyl (C=O) groups excluding carboxylic acids is 1. The van der Waals surface area contributed by atoms with Gasteiger partial charge in [0.15, 0.2) is 0 Å². The van der Waals surface area contributed by atoms with Gasteiger partial charge in [-0.3, -0.25) is 4.79 Å². The molecular formula is C24H34O4. The summed E-state index contributed by atoms with van der Waals surface area (Å²) >= 11 is 0. The van der Waals surface area contributed by atoms with E-state index in [-0.39, 0.29) is 46.4 Å². The van der Waals surface area contributed by atoms with Crippen LogP contribution in [0, 0.1) is 46.8 Å². The summed E-state index contributed by atoms with van der Waals surface area (Å²) in [5.74, 6) is 2.85. The first-order valence-electron chi connectivity index (χ1n) is 10.9. The Balaban J connectivity index is 1.86. The first kappa shape index (κ1) is 20.1. The molecule has 4 nitrogen and oxygen atoms in total. The van der Waals surface area contributed by atoms with Crippen LogP contribution in [0.3, 0.4) is 0 Å². The molecule has 4 rings (SSSR count). The average Bonchev–Trinajstić information content (AvgIpc) is 2.98. The second-order valence-corrected chi connectivity index (χ2v) is 10.3. The molecular weight excluding hydrogens is 352 g/mol. The van der Waals surface area contributed by atoms with Crippen LogP contribution in [-0.2, 0) is 4.79 Å². The van der Waals surface area contributed by atoms with Gasteiger partial charge in [0.05, 0.1) is 24.2 Å². The maximum Gasteiger partial charge on any atom is 0.144 e. The van der Waals surface area contributed by atoms with E-state index in [1.54, 1.807) is 0 Å². The van der Waals surface area contributed by atoms with Crippen LogP contribution in [0.5, 0.6) is 0 Å². The molecule has 3 fully saturated rings. The first-order chi connectivity index (χ1) is 13.1. The van der Waals surface area contributed by atoms with Gasteiger partial charge >= 0.3 is 0 Å². The molecule has 0 saturated heterocycles. The zero-order valence-electron chi connectivity index (χ0n) is 17.3. The SMILES string of the molecule is C#CC[C@@H]1C(=O)[C@@H]2C[C@@H](O)[C@@H](O)C[C@]2(C)[C@H]2CC[C@@]3(C)C(=C12)CC[C@@H]3[C@@H](C)O. The van der Waals surface area contributed by atoms with Crippen LogP contribution in [0.25, 0.3) is 0 Å². The van der Waals surface area contributed by atoms with Crippen molar-refractivity contribution in [3.8, 4) is 12.3 Å². The van der Waals surface area contributed by atoms with E-state index in [2.05, 4.69) is 19.8 Å². The smallest absolute Gasteiger partial charge is 0.144 e. The fraction of sp³-hybridized carbons (Fsp3) is 0.792. The second-order valence-electron chi connectivity index (χ2n) is 10.3. The van der Waals surface area contributed by atoms with Gasteiger partial charge in [-0.1, -0.05) is 25.0 Å². The molecule has 0 aliphatic heterocycles. The summed E-state index contributed by atoms with van der Waals surface area (Å²) in [5.41, 5.74) is 2.21. The van der Waals surface area contributed by atoms with Gasteiger partial charge < -0.3 is 15.3 Å². The number of fused-ring (bicyclic) bond motifs is 4. The fourth-order valence-electron chi connectivity index (χ4n) is 7.61. The topological polar surface area (TPSA) is 77.8 Å². The van der Waals surface area contributed by atoms with Gasteiger partial charge in [-0.25, -0.2) is 0 Å². The van der Waals surface area contributed by atoms with E-state index < -0.39 is 12.2 Å². The highest BCUT2D eigenvalue weighted by molar-refractivity contribution is 5.89. The molecule has 4 aliphatic carbocycles. The van der Waals surface area contributed by atoms with Crippen LogP contribution in [0.15, 0.2) is 11.1 Å². The van der Waals surface area contributed by atoms with Crippen molar-refractivity contribution >= 4 is 5.78 Å². The molecule has 9 atom stereocenters. The molecule has 0 unspecified atom stereocenters. The molecule has 154 valence electrons. The number of rotatable bonds is 2. The standard InChI is InChI=1S/C24H34O4/c1-5-6-14-21-16-8-7-15(13(2)25)23(16,3)10-9-17(21)24(4)12-20(27)19(26)11-18(24)22(14)28/h1,13-15,17-20,25-27H,6-12H2,2-4H3/t13-,14+,15-,17+,18+,19-,20+,23-,24-/m1/s1. The summed E-state index contributed by atoms with van der Waals surface area (Å²) in [5, 5.41) is 31.1. The van der Waals surface area contributed by atoms with Crippen molar-refractivity contribution in [1.29, 1.82) is 0 Å². The minimum absolute atomic E-state index is 0.0663. The average molecular weight is 387 g/mol. The van der Waals surface area contributed by atoms with Gasteiger partial charge in [-0.15, -0.1) is 12.3 Å². The van der Waals surface area contributed by atoms with Gasteiger partial charge in [-0.05, 0) is 68.1 Å². The van der Waals surface area contributed by atoms with Crippen molar-refractivity contribution in [1.82, 2.24) is 0 Å². The molecule has 28 heavy (non-hydrogen) atoms. The van der Waals surface area contributed by atoms with E-state index in [0.717, 1.165) is 25.7 Å². The lowest BCUT2D eigenvalue weighted by atomic mass is 9.46. The van der Waals surface area contributed by atoms with Crippen molar-refractivity contribution in [2.24, 2.45) is 34.5 Å². The quantitative estimate of drug-likeness (QED) is 0.504. The molecule has 0 aromatic heterocycles. The largest absolute Gasteiger partial charge is 0.393 e. The summed E-state index contributed by atoms with van der Waals surface area (Å²) in [6.45, 7) is 6.30. The Morgan fingerprint density at radius 2 is 1.93 bits per heavy atom. The third-order valence-corrected chi connectivity index (χ3v) is 9.02. The molecule has 0 aromatic rings. The van der Waals surface area contributed by atoms with Gasteiger partial charge in [0.25, 0.3) is 0 Å². The Kier molecular flexibility index (Phi) is 4.81. The van der Waals surface area contributed by atoms with Crippen molar-refractivity contribution in [3.63, 3.8) is 0 Å². The molecule has 0 aromatic carbocycles. The fourth-order valence-corrected chi connectivity index (χ4v) is 7.61. The van der Waals surface area contributed by atoms with E-state index in [1.807, 2.05) is 6.92 Å². The van der Waals surface area contributed by atoms with E-state index in [4.69, 9.17) is 6.42 Å². The van der Waals surface area contributed by atoms with Crippen molar-refractivity contribution in [3.05, 3.63) is 11.1 Å². The number of terminal acetylenes is 1. The number of aliphatic hydroxyl groups is 3. The lowest BCUT2D eigenvalue weighted by Crippen LogP contribution is -2.58. The summed E-state index contributed by atoms with van der Waals surface area (Å²) in [6, 6.07) is 0. The summed E-state index contributed by atoms with van der Waals surface area (Å²) < 4.78 is 0. The molecule has 0 bridgehead atoms. The first-order valence-corrected chi connectivity index (χ1v) is 10.9. The zero-order valence-corrected chi connectivity index (χ0v) is 17.3. The maximum atomic E-state index is 13.6. The third kappa shape index (κ3) is 2.59. The van der Waals surface area contributed by atoms with Crippen LogP contribution in [0.4, 0.5) is 0 Å². The predicted octanol–water partition coefficient (Wildman–Crippen LogP) is 2.85. The third-order valence-electron chi connectivity index (χ3n) is 9.02. The molecule has 3 saturated carbocycles. The summed E-state index contributed by atoms with van der Waals surface area (Å²) in [4.78, 5) is 13.6. The lowest BCUT2D eigenvalue weighted by molar-refractivity contribution is -0.152. The Hall–Kier alpha value is -1.15. The van der Waals surface area contributed by atoms with E-state index in [0.29, 0.717) is 19.3 Å². The van der Waals surface area contributed by atoms with Crippen molar-refractivity contribution in [2.45, 2.75) is 84.0 Å². The highest BCUT2D eigenvalue weighted by atomic mass is 16.3. The van der Waals surface area contributed by atoms with Gasteiger partial charge in [0.2, 0.25) is 0 Å². The number of hydrogen-bond donors (Lipinski definition) is 3. The number of hydrogen-bond acceptors (Lipinski definition) is 4. The van der Waals surface area contributed by atoms with E-state index in [1.165, 1.54) is 11.1 Å². The van der Waals surface area contributed by atoms with Crippen molar-refractivity contribution in [2.75, 3.05) is 0 Å². The Bertz CT molecular complexity index is 746. The summed E-state index contributed by atoms with van der Waals surface area (Å²) in [6.07, 6.45) is 8.78. The van der Waals surface area contributed by atoms with Gasteiger partial charge in [0, 0.05) is 12.3 Å². The molecule has 4 aliphatic rings. The molecule has 0 amide bonds. The van der Waals surface area contributed by atoms with Crippen LogP contribution >= 0.6 is 0 Å². The Morgan fingerprint density at radius 3 is 2.57 bits per heavy atom. The monoisotopic (exact) mass is 386 g/mol. The highest BCUT2D eigenvalue weighted by Crippen LogP contribution is 2.65. The number of Topliss-reactive ketones (excluding diaryl/α,β-unsaturated/α-hetero) is 1. The molecule has 4 heteroatoms. The van der Waals surface area contributed by atoms with Crippen LogP contribution in [0.2, 0.25) is 0 Å². The number of aliphatic hydroxyl groups excluding tert-OH is 3. The number of allylic oxidation sites excluding steroid dienone is 2. The number of ketones is 1. The van der Waals surface area contributed by atoms with Crippen LogP contribution < -0.4 is 0 Å². The predicted molar refractivity (Wildman–Crippen MR) is 107 cm³/mol.